The first-order valence-corrected chi connectivity index (χ1v) is 16.4. The van der Waals surface area contributed by atoms with E-state index in [-0.39, 0.29) is 52.6 Å². The molecule has 228 valence electrons. The van der Waals surface area contributed by atoms with E-state index in [9.17, 15) is 1.37 Å². The van der Waals surface area contributed by atoms with Crippen molar-refractivity contribution in [2.75, 3.05) is 0 Å². The molecule has 1 heterocycles. The molecule has 10 rings (SSSR count). The highest BCUT2D eigenvalue weighted by Crippen LogP contribution is 2.47. The van der Waals surface area contributed by atoms with Crippen LogP contribution in [0.2, 0.25) is 0 Å². The van der Waals surface area contributed by atoms with Gasteiger partial charge in [-0.2, -0.15) is 0 Å². The maximum absolute atomic E-state index is 9.21. The number of rotatable bonds is 4. The van der Waals surface area contributed by atoms with Gasteiger partial charge in [0.2, 0.25) is 11.7 Å². The van der Waals surface area contributed by atoms with E-state index in [0.29, 0.717) is 5.56 Å². The summed E-state index contributed by atoms with van der Waals surface area (Å²) in [4.78, 5) is 0. The van der Waals surface area contributed by atoms with Crippen LogP contribution < -0.4 is 0 Å². The molecule has 1 aliphatic heterocycles. The van der Waals surface area contributed by atoms with E-state index in [2.05, 4.69) is 89.6 Å². The molecule has 1 unspecified atom stereocenters. The molecule has 0 fully saturated rings. The van der Waals surface area contributed by atoms with Gasteiger partial charge in [0.1, 0.15) is 5.69 Å². The molecular formula is C47H31N2+. The molecule has 0 spiro atoms. The van der Waals surface area contributed by atoms with Crippen molar-refractivity contribution < 1.29 is 14.3 Å². The van der Waals surface area contributed by atoms with E-state index in [1.54, 1.807) is 0 Å². The van der Waals surface area contributed by atoms with Crippen molar-refractivity contribution in [2.24, 2.45) is 5.11 Å². The quantitative estimate of drug-likeness (QED) is 0.136. The molecule has 49 heavy (non-hydrogen) atoms. The van der Waals surface area contributed by atoms with Crippen molar-refractivity contribution in [3.05, 3.63) is 193 Å². The highest BCUT2D eigenvalue weighted by atomic mass is 15.3. The summed E-state index contributed by atoms with van der Waals surface area (Å²) in [5, 5.41) is 10.8. The second kappa shape index (κ2) is 11.1. The van der Waals surface area contributed by atoms with Crippen molar-refractivity contribution in [1.82, 2.24) is 0 Å². The van der Waals surface area contributed by atoms with Crippen LogP contribution in [0.3, 0.4) is 0 Å². The molecule has 0 N–H and O–H groups in total. The van der Waals surface area contributed by atoms with E-state index in [4.69, 9.17) is 13.3 Å². The molecule has 0 aliphatic carbocycles. The summed E-state index contributed by atoms with van der Waals surface area (Å²) in [5.74, 6) is 0. The number of hydrogen-bond acceptors (Lipinski definition) is 1. The standard InChI is InChI=1S/C47H31N2/c1-2-14-34-30-35(25-24-31(34)12-1)47-43-21-9-10-23-44(43)48-49(47)36-28-26-33(27-29-36)45-39-17-5-7-19-41(39)46(42-20-8-6-18-40(42)45)38-22-11-15-32-13-3-4-16-37(32)38/h1-30,47H/q+1/i3D,4D,11D,13D,15D,16D,22D. The van der Waals surface area contributed by atoms with E-state index >= 15 is 0 Å². The lowest BCUT2D eigenvalue weighted by atomic mass is 9.85. The van der Waals surface area contributed by atoms with Crippen LogP contribution in [0, 0.1) is 0 Å². The van der Waals surface area contributed by atoms with Crippen molar-refractivity contribution in [3.63, 3.8) is 0 Å². The van der Waals surface area contributed by atoms with Gasteiger partial charge >= 0.3 is 0 Å². The topological polar surface area (TPSA) is 15.4 Å². The molecule has 1 aliphatic rings. The predicted octanol–water partition coefficient (Wildman–Crippen LogP) is 13.2. The Kier molecular flexibility index (Phi) is 4.87. The molecule has 0 radical (unpaired) electrons. The fourth-order valence-electron chi connectivity index (χ4n) is 7.51. The van der Waals surface area contributed by atoms with Crippen LogP contribution in [0.15, 0.2) is 187 Å². The Bertz CT molecular complexity index is 3110. The first-order valence-electron chi connectivity index (χ1n) is 19.9. The fraction of sp³-hybridized carbons (Fsp3) is 0.0213. The highest BCUT2D eigenvalue weighted by Gasteiger charge is 2.37. The average Bonchev–Trinajstić information content (AvgIpc) is 3.63. The Balaban J connectivity index is 1.18. The summed E-state index contributed by atoms with van der Waals surface area (Å²) < 4.78 is 63.4. The zero-order valence-electron chi connectivity index (χ0n) is 33.3. The monoisotopic (exact) mass is 630 g/mol. The van der Waals surface area contributed by atoms with Crippen LogP contribution in [0.4, 0.5) is 11.4 Å². The van der Waals surface area contributed by atoms with Crippen LogP contribution in [0.5, 0.6) is 0 Å². The van der Waals surface area contributed by atoms with Crippen molar-refractivity contribution in [1.29, 1.82) is 0 Å². The molecule has 9 aromatic carbocycles. The third-order valence-corrected chi connectivity index (χ3v) is 9.70. The summed E-state index contributed by atoms with van der Waals surface area (Å²) in [7, 11) is 0. The number of hydrogen-bond donors (Lipinski definition) is 0. The van der Waals surface area contributed by atoms with E-state index in [1.165, 1.54) is 10.8 Å². The van der Waals surface area contributed by atoms with Gasteiger partial charge in [-0.15, -0.1) is 0 Å². The van der Waals surface area contributed by atoms with Gasteiger partial charge in [0.25, 0.3) is 0 Å². The largest absolute Gasteiger partial charge is 0.237 e. The Morgan fingerprint density at radius 1 is 0.490 bits per heavy atom. The van der Waals surface area contributed by atoms with Crippen LogP contribution in [0.25, 0.3) is 65.3 Å². The maximum Gasteiger partial charge on any atom is 0.237 e. The molecule has 0 aromatic heterocycles. The third kappa shape index (κ3) is 4.42. The first kappa shape index (κ1) is 21.5. The van der Waals surface area contributed by atoms with Gasteiger partial charge in [0.15, 0.2) is 0 Å². The Labute approximate surface area is 294 Å². The van der Waals surface area contributed by atoms with Gasteiger partial charge in [-0.05, 0) is 95.7 Å². The summed E-state index contributed by atoms with van der Waals surface area (Å²) in [6, 6.07) is 44.6. The van der Waals surface area contributed by atoms with Crippen LogP contribution in [-0.4, -0.2) is 4.70 Å². The Morgan fingerprint density at radius 3 is 1.90 bits per heavy atom. The van der Waals surface area contributed by atoms with Gasteiger partial charge in [-0.25, -0.2) is 0 Å². The lowest BCUT2D eigenvalue weighted by Crippen LogP contribution is -2.10. The van der Waals surface area contributed by atoms with Gasteiger partial charge < -0.3 is 0 Å². The van der Waals surface area contributed by atoms with Gasteiger partial charge in [0, 0.05) is 22.8 Å². The van der Waals surface area contributed by atoms with Crippen LogP contribution in [0.1, 0.15) is 26.8 Å². The normalized spacial score (nSPS) is 16.0. The fourth-order valence-corrected chi connectivity index (χ4v) is 7.51. The minimum absolute atomic E-state index is 0.0590. The second-order valence-corrected chi connectivity index (χ2v) is 12.4. The number of nitrogens with zero attached hydrogens (tertiary/aromatic N) is 2. The molecule has 0 saturated heterocycles. The van der Waals surface area contributed by atoms with Crippen molar-refractivity contribution in [3.8, 4) is 22.3 Å². The third-order valence-electron chi connectivity index (χ3n) is 9.70. The van der Waals surface area contributed by atoms with E-state index in [0.717, 1.165) is 55.2 Å². The smallest absolute Gasteiger partial charge is 0.0722 e. The minimum Gasteiger partial charge on any atom is -0.0722 e. The zero-order valence-corrected chi connectivity index (χ0v) is 26.3. The van der Waals surface area contributed by atoms with Gasteiger partial charge in [0.05, 0.1) is 15.2 Å². The lowest BCUT2D eigenvalue weighted by molar-refractivity contribution is -0.536. The number of fused-ring (bicyclic) bond motifs is 5. The minimum atomic E-state index is -0.471. The highest BCUT2D eigenvalue weighted by molar-refractivity contribution is 6.23. The summed E-state index contributed by atoms with van der Waals surface area (Å²) >= 11 is 0. The molecule has 0 saturated carbocycles. The molecule has 0 bridgehead atoms. The summed E-state index contributed by atoms with van der Waals surface area (Å²) in [5.41, 5.74) is 6.91. The SMILES string of the molecule is [2H]c1c([2H])c([2H])c2c(-c3c4ccccc4c(-c4ccc([N+]5=Nc6ccccc6C5c5ccc6ccccc6c5)cc4)c4ccccc34)c([2H])c([2H])c([2H])c2c1[2H]. The Hall–Kier alpha value is -6.38. The van der Waals surface area contributed by atoms with Gasteiger partial charge in [-0.3, -0.25) is 0 Å². The predicted molar refractivity (Wildman–Crippen MR) is 204 cm³/mol. The van der Waals surface area contributed by atoms with Crippen LogP contribution in [-0.2, 0) is 0 Å². The van der Waals surface area contributed by atoms with E-state index < -0.39 is 12.1 Å². The molecule has 2 nitrogen and oxygen atoms in total. The molecule has 0 amide bonds. The summed E-state index contributed by atoms with van der Waals surface area (Å²) in [6.45, 7) is 0. The van der Waals surface area contributed by atoms with Crippen molar-refractivity contribution >= 4 is 54.5 Å². The summed E-state index contributed by atoms with van der Waals surface area (Å²) in [6.07, 6.45) is 0. The second-order valence-electron chi connectivity index (χ2n) is 12.4. The van der Waals surface area contributed by atoms with Crippen LogP contribution >= 0.6 is 0 Å². The first-order chi connectivity index (χ1) is 27.2. The lowest BCUT2D eigenvalue weighted by Gasteiger charge is -2.18. The molecule has 1 atom stereocenters. The van der Waals surface area contributed by atoms with Gasteiger partial charge in [-0.1, -0.05) is 144 Å². The number of azo groups is 2. The van der Waals surface area contributed by atoms with E-state index in [1.807, 2.05) is 54.6 Å². The number of benzene rings is 9. The molecular weight excluding hydrogens is 593 g/mol. The molecule has 9 aromatic rings. The Morgan fingerprint density at radius 2 is 1.12 bits per heavy atom. The zero-order chi connectivity index (χ0) is 38.4. The maximum atomic E-state index is 9.21. The van der Waals surface area contributed by atoms with Crippen molar-refractivity contribution in [2.45, 2.75) is 6.04 Å². The average molecular weight is 631 g/mol. The molecule has 2 heteroatoms.